The van der Waals surface area contributed by atoms with Crippen LogP contribution in [0.2, 0.25) is 0 Å². The third-order valence-corrected chi connectivity index (χ3v) is 1.75. The van der Waals surface area contributed by atoms with Crippen LogP contribution >= 0.6 is 0 Å². The molecule has 0 saturated heterocycles. The lowest BCUT2D eigenvalue weighted by molar-refractivity contribution is 0.135. The Labute approximate surface area is 66.7 Å². The monoisotopic (exact) mass is 154 g/mol. The van der Waals surface area contributed by atoms with Gasteiger partial charge in [-0.25, -0.2) is 5.90 Å². The van der Waals surface area contributed by atoms with Gasteiger partial charge in [0.2, 0.25) is 0 Å². The summed E-state index contributed by atoms with van der Waals surface area (Å²) in [6, 6.07) is 4.15. The molecule has 0 aliphatic rings. The maximum Gasteiger partial charge on any atom is 0.0682 e. The Balaban J connectivity index is 2.32. The van der Waals surface area contributed by atoms with Crippen LogP contribution in [0.5, 0.6) is 0 Å². The minimum atomic E-state index is 0.630. The van der Waals surface area contributed by atoms with Gasteiger partial charge in [0.1, 0.15) is 0 Å². The topological polar surface area (TPSA) is 40.2 Å². The van der Waals surface area contributed by atoms with Crippen molar-refractivity contribution in [3.05, 3.63) is 24.0 Å². The first kappa shape index (κ1) is 8.30. The number of rotatable bonds is 4. The van der Waals surface area contributed by atoms with E-state index in [4.69, 9.17) is 5.90 Å². The van der Waals surface area contributed by atoms with Gasteiger partial charge in [-0.3, -0.25) is 0 Å². The summed E-state index contributed by atoms with van der Waals surface area (Å²) in [4.78, 5) is 4.47. The Kier molecular flexibility index (Phi) is 3.14. The van der Waals surface area contributed by atoms with E-state index in [9.17, 15) is 0 Å². The van der Waals surface area contributed by atoms with E-state index in [2.05, 4.69) is 15.5 Å². The molecule has 1 rings (SSSR count). The zero-order valence-corrected chi connectivity index (χ0v) is 6.79. The van der Waals surface area contributed by atoms with Crippen LogP contribution in [0.15, 0.2) is 18.3 Å². The van der Waals surface area contributed by atoms with Crippen molar-refractivity contribution < 1.29 is 4.84 Å². The van der Waals surface area contributed by atoms with Crippen molar-refractivity contribution in [2.45, 2.75) is 12.8 Å². The normalized spacial score (nSPS) is 10.4. The molecule has 0 unspecified atom stereocenters. The molecule has 0 saturated carbocycles. The van der Waals surface area contributed by atoms with Crippen LogP contribution in [0.25, 0.3) is 0 Å². The highest BCUT2D eigenvalue weighted by Crippen LogP contribution is 2.02. The molecule has 2 N–H and O–H groups in total. The average molecular weight is 154 g/mol. The number of aromatic nitrogens is 1. The van der Waals surface area contributed by atoms with E-state index in [0.29, 0.717) is 6.61 Å². The van der Waals surface area contributed by atoms with Gasteiger partial charge in [0.15, 0.2) is 0 Å². The van der Waals surface area contributed by atoms with Gasteiger partial charge in [0, 0.05) is 18.9 Å². The summed E-state index contributed by atoms with van der Waals surface area (Å²) in [6.07, 6.45) is 4.05. The second-order valence-electron chi connectivity index (χ2n) is 2.58. The molecule has 0 aromatic carbocycles. The fraction of sp³-hybridized carbons (Fsp3) is 0.500. The van der Waals surface area contributed by atoms with E-state index >= 15 is 0 Å². The van der Waals surface area contributed by atoms with Crippen molar-refractivity contribution in [1.82, 2.24) is 4.57 Å². The summed E-state index contributed by atoms with van der Waals surface area (Å²) in [5.41, 5.74) is 1.32. The zero-order chi connectivity index (χ0) is 8.10. The molecule has 0 amide bonds. The zero-order valence-electron chi connectivity index (χ0n) is 6.79. The van der Waals surface area contributed by atoms with Crippen LogP contribution in [0.1, 0.15) is 12.1 Å². The lowest BCUT2D eigenvalue weighted by Gasteiger charge is -2.01. The standard InChI is InChI=1S/C8H14N2O/c1-10-6-2-4-8(10)5-3-7-11-9/h2,4,6H,3,5,7,9H2,1H3. The lowest BCUT2D eigenvalue weighted by Crippen LogP contribution is -2.03. The Hall–Kier alpha value is -0.800. The Bertz CT molecular complexity index is 208. The molecule has 1 aromatic heterocycles. The third kappa shape index (κ3) is 2.37. The largest absolute Gasteiger partial charge is 0.354 e. The van der Waals surface area contributed by atoms with Crippen LogP contribution in [0.4, 0.5) is 0 Å². The molecule has 0 radical (unpaired) electrons. The molecular formula is C8H14N2O. The van der Waals surface area contributed by atoms with Gasteiger partial charge in [-0.05, 0) is 25.0 Å². The molecule has 3 heteroatoms. The van der Waals surface area contributed by atoms with Gasteiger partial charge in [0.25, 0.3) is 0 Å². The Morgan fingerprint density at radius 1 is 1.64 bits per heavy atom. The SMILES string of the molecule is Cn1cccc1CCCON. The highest BCUT2D eigenvalue weighted by atomic mass is 16.6. The third-order valence-electron chi connectivity index (χ3n) is 1.75. The first-order valence-corrected chi connectivity index (χ1v) is 3.76. The quantitative estimate of drug-likeness (QED) is 0.516. The summed E-state index contributed by atoms with van der Waals surface area (Å²) in [5, 5.41) is 0. The second kappa shape index (κ2) is 4.16. The van der Waals surface area contributed by atoms with E-state index in [1.54, 1.807) is 0 Å². The van der Waals surface area contributed by atoms with Crippen molar-refractivity contribution in [3.63, 3.8) is 0 Å². The van der Waals surface area contributed by atoms with Crippen LogP contribution in [-0.2, 0) is 18.3 Å². The van der Waals surface area contributed by atoms with E-state index in [-0.39, 0.29) is 0 Å². The van der Waals surface area contributed by atoms with Gasteiger partial charge in [-0.15, -0.1) is 0 Å². The summed E-state index contributed by atoms with van der Waals surface area (Å²) in [7, 11) is 2.04. The van der Waals surface area contributed by atoms with Crippen molar-refractivity contribution in [3.8, 4) is 0 Å². The second-order valence-corrected chi connectivity index (χ2v) is 2.58. The Morgan fingerprint density at radius 3 is 3.00 bits per heavy atom. The van der Waals surface area contributed by atoms with E-state index in [1.807, 2.05) is 19.3 Å². The van der Waals surface area contributed by atoms with Crippen molar-refractivity contribution in [2.24, 2.45) is 12.9 Å². The number of hydrogen-bond donors (Lipinski definition) is 1. The van der Waals surface area contributed by atoms with Crippen LogP contribution in [0, 0.1) is 0 Å². The predicted octanol–water partition coefficient (Wildman–Crippen LogP) is 0.848. The minimum Gasteiger partial charge on any atom is -0.354 e. The number of nitrogens with two attached hydrogens (primary N) is 1. The highest BCUT2D eigenvalue weighted by Gasteiger charge is 1.95. The molecule has 0 spiro atoms. The van der Waals surface area contributed by atoms with Crippen molar-refractivity contribution >= 4 is 0 Å². The molecule has 0 atom stereocenters. The van der Waals surface area contributed by atoms with Crippen LogP contribution < -0.4 is 5.90 Å². The molecule has 62 valence electrons. The van der Waals surface area contributed by atoms with Gasteiger partial charge < -0.3 is 9.40 Å². The molecule has 0 bridgehead atoms. The fourth-order valence-corrected chi connectivity index (χ4v) is 1.09. The molecule has 1 aromatic rings. The first-order chi connectivity index (χ1) is 5.34. The van der Waals surface area contributed by atoms with Gasteiger partial charge in [-0.2, -0.15) is 0 Å². The molecule has 11 heavy (non-hydrogen) atoms. The predicted molar refractivity (Wildman–Crippen MR) is 43.9 cm³/mol. The summed E-state index contributed by atoms with van der Waals surface area (Å²) in [6.45, 7) is 0.630. The molecule has 0 fully saturated rings. The smallest absolute Gasteiger partial charge is 0.0682 e. The summed E-state index contributed by atoms with van der Waals surface area (Å²) in [5.74, 6) is 4.90. The van der Waals surface area contributed by atoms with Gasteiger partial charge >= 0.3 is 0 Å². The van der Waals surface area contributed by atoms with E-state index in [1.165, 1.54) is 5.69 Å². The molecule has 1 heterocycles. The first-order valence-electron chi connectivity index (χ1n) is 3.76. The maximum absolute atomic E-state index is 4.90. The molecule has 0 aliphatic heterocycles. The molecular weight excluding hydrogens is 140 g/mol. The lowest BCUT2D eigenvalue weighted by atomic mass is 10.2. The van der Waals surface area contributed by atoms with Crippen molar-refractivity contribution in [2.75, 3.05) is 6.61 Å². The van der Waals surface area contributed by atoms with Crippen LogP contribution in [-0.4, -0.2) is 11.2 Å². The number of aryl methyl sites for hydroxylation is 2. The van der Waals surface area contributed by atoms with E-state index < -0.39 is 0 Å². The summed E-state index contributed by atoms with van der Waals surface area (Å²) < 4.78 is 2.11. The molecule has 3 nitrogen and oxygen atoms in total. The number of hydrogen-bond acceptors (Lipinski definition) is 2. The maximum atomic E-state index is 4.90. The fourth-order valence-electron chi connectivity index (χ4n) is 1.09. The average Bonchev–Trinajstić information content (AvgIpc) is 2.37. The van der Waals surface area contributed by atoms with Gasteiger partial charge in [-0.1, -0.05) is 0 Å². The Morgan fingerprint density at radius 2 is 2.45 bits per heavy atom. The van der Waals surface area contributed by atoms with E-state index in [0.717, 1.165) is 12.8 Å². The molecule has 0 aliphatic carbocycles. The van der Waals surface area contributed by atoms with Gasteiger partial charge in [0.05, 0.1) is 6.61 Å². The number of nitrogens with zero attached hydrogens (tertiary/aromatic N) is 1. The minimum absolute atomic E-state index is 0.630. The summed E-state index contributed by atoms with van der Waals surface area (Å²) >= 11 is 0. The van der Waals surface area contributed by atoms with Crippen molar-refractivity contribution in [1.29, 1.82) is 0 Å². The van der Waals surface area contributed by atoms with Crippen LogP contribution in [0.3, 0.4) is 0 Å². The highest BCUT2D eigenvalue weighted by molar-refractivity contribution is 5.06.